The van der Waals surface area contributed by atoms with Crippen molar-refractivity contribution in [2.75, 3.05) is 5.43 Å². The summed E-state index contributed by atoms with van der Waals surface area (Å²) >= 11 is 5.14. The highest BCUT2D eigenvalue weighted by atomic mass is 79.9. The van der Waals surface area contributed by atoms with E-state index in [0.717, 1.165) is 36.8 Å². The number of nitrogens with zero attached hydrogens (tertiary/aromatic N) is 3. The highest BCUT2D eigenvalue weighted by Crippen LogP contribution is 2.25. The molecule has 2 aromatic heterocycles. The van der Waals surface area contributed by atoms with Gasteiger partial charge in [-0.1, -0.05) is 45.5 Å². The van der Waals surface area contributed by atoms with Crippen LogP contribution in [0.2, 0.25) is 0 Å². The number of hydrazone groups is 1. The number of thiazole rings is 1. The van der Waals surface area contributed by atoms with Crippen molar-refractivity contribution < 1.29 is 0 Å². The Labute approximate surface area is 164 Å². The Bertz CT molecular complexity index is 1080. The third-order valence-corrected chi connectivity index (χ3v) is 5.63. The average molecular weight is 425 g/mol. The topological polar surface area (TPSA) is 42.2 Å². The molecule has 26 heavy (non-hydrogen) atoms. The molecule has 2 aromatic carbocycles. The predicted molar refractivity (Wildman–Crippen MR) is 114 cm³/mol. The summed E-state index contributed by atoms with van der Waals surface area (Å²) in [5, 5.41) is 5.18. The van der Waals surface area contributed by atoms with E-state index in [9.17, 15) is 0 Å². The van der Waals surface area contributed by atoms with Crippen LogP contribution in [0.25, 0.3) is 15.9 Å². The Balaban J connectivity index is 1.58. The zero-order chi connectivity index (χ0) is 18.1. The summed E-state index contributed by atoms with van der Waals surface area (Å²) in [6.07, 6.45) is 1.85. The first-order valence-electron chi connectivity index (χ1n) is 8.21. The lowest BCUT2D eigenvalue weighted by Crippen LogP contribution is -1.99. The summed E-state index contributed by atoms with van der Waals surface area (Å²) in [5.41, 5.74) is 8.57. The molecule has 2 heterocycles. The average Bonchev–Trinajstić information content (AvgIpc) is 3.15. The molecule has 0 spiro atoms. The Morgan fingerprint density at radius 3 is 2.77 bits per heavy atom. The van der Waals surface area contributed by atoms with Crippen molar-refractivity contribution in [3.63, 3.8) is 0 Å². The van der Waals surface area contributed by atoms with Gasteiger partial charge in [0.25, 0.3) is 0 Å². The summed E-state index contributed by atoms with van der Waals surface area (Å²) in [5.74, 6) is 0. The summed E-state index contributed by atoms with van der Waals surface area (Å²) < 4.78 is 4.44. The van der Waals surface area contributed by atoms with Crippen LogP contribution in [0.5, 0.6) is 0 Å². The molecule has 0 atom stereocenters. The van der Waals surface area contributed by atoms with E-state index in [4.69, 9.17) is 0 Å². The smallest absolute Gasteiger partial charge is 0.204 e. The summed E-state index contributed by atoms with van der Waals surface area (Å²) in [4.78, 5) is 4.53. The number of hydrogen-bond donors (Lipinski definition) is 1. The van der Waals surface area contributed by atoms with E-state index in [0.29, 0.717) is 0 Å². The van der Waals surface area contributed by atoms with Crippen molar-refractivity contribution in [2.45, 2.75) is 13.8 Å². The Morgan fingerprint density at radius 1 is 1.12 bits per heavy atom. The second kappa shape index (κ2) is 7.05. The molecule has 0 radical (unpaired) electrons. The quantitative estimate of drug-likeness (QED) is 0.326. The first kappa shape index (κ1) is 17.0. The Kier molecular flexibility index (Phi) is 4.61. The van der Waals surface area contributed by atoms with Gasteiger partial charge in [0, 0.05) is 27.1 Å². The number of nitrogens with one attached hydrogen (secondary N) is 1. The van der Waals surface area contributed by atoms with Gasteiger partial charge in [0.2, 0.25) is 5.13 Å². The standard InChI is InChI=1S/C20H17BrN4S/c1-13-10-15(14(2)25(13)17-7-5-6-16(21)11-17)12-22-24-20-23-18-8-3-4-9-19(18)26-20/h3-12H,1-2H3,(H,23,24)/b22-12-. The molecule has 1 N–H and O–H groups in total. The molecule has 130 valence electrons. The van der Waals surface area contributed by atoms with Crippen LogP contribution < -0.4 is 5.43 Å². The molecular formula is C20H17BrN4S. The van der Waals surface area contributed by atoms with Crippen LogP contribution in [0.15, 0.2) is 64.2 Å². The fourth-order valence-electron chi connectivity index (χ4n) is 3.01. The molecule has 0 aliphatic carbocycles. The van der Waals surface area contributed by atoms with Crippen LogP contribution in [-0.4, -0.2) is 15.8 Å². The largest absolute Gasteiger partial charge is 0.318 e. The Hall–Kier alpha value is -2.44. The third-order valence-electron chi connectivity index (χ3n) is 4.19. The number of para-hydroxylation sites is 1. The van der Waals surface area contributed by atoms with Crippen molar-refractivity contribution in [3.8, 4) is 5.69 Å². The molecule has 6 heteroatoms. The lowest BCUT2D eigenvalue weighted by molar-refractivity contribution is 0.964. The van der Waals surface area contributed by atoms with Crippen LogP contribution in [0.3, 0.4) is 0 Å². The molecule has 0 fully saturated rings. The number of rotatable bonds is 4. The molecule has 4 rings (SSSR count). The molecule has 4 aromatic rings. The zero-order valence-electron chi connectivity index (χ0n) is 14.4. The molecule has 0 aliphatic heterocycles. The van der Waals surface area contributed by atoms with Crippen LogP contribution >= 0.6 is 27.3 Å². The summed E-state index contributed by atoms with van der Waals surface area (Å²) in [7, 11) is 0. The highest BCUT2D eigenvalue weighted by molar-refractivity contribution is 9.10. The number of fused-ring (bicyclic) bond motifs is 1. The minimum absolute atomic E-state index is 0.795. The third kappa shape index (κ3) is 3.30. The maximum Gasteiger partial charge on any atom is 0.204 e. The second-order valence-corrected chi connectivity index (χ2v) is 7.94. The number of hydrogen-bond acceptors (Lipinski definition) is 4. The fourth-order valence-corrected chi connectivity index (χ4v) is 4.21. The summed E-state index contributed by atoms with van der Waals surface area (Å²) in [6, 6.07) is 18.5. The molecule has 0 bridgehead atoms. The van der Waals surface area contributed by atoms with Crippen molar-refractivity contribution >= 4 is 48.8 Å². The van der Waals surface area contributed by atoms with Gasteiger partial charge in [-0.3, -0.25) is 5.43 Å². The van der Waals surface area contributed by atoms with Gasteiger partial charge in [0.1, 0.15) is 0 Å². The van der Waals surface area contributed by atoms with Crippen molar-refractivity contribution in [1.29, 1.82) is 0 Å². The van der Waals surface area contributed by atoms with Gasteiger partial charge in [0.05, 0.1) is 16.4 Å². The molecular weight excluding hydrogens is 408 g/mol. The van der Waals surface area contributed by atoms with Gasteiger partial charge in [-0.15, -0.1) is 0 Å². The second-order valence-electron chi connectivity index (χ2n) is 6.00. The van der Waals surface area contributed by atoms with E-state index < -0.39 is 0 Å². The highest BCUT2D eigenvalue weighted by Gasteiger charge is 2.09. The SMILES string of the molecule is Cc1cc(/C=N\Nc2nc3ccccc3s2)c(C)n1-c1cccc(Br)c1. The minimum Gasteiger partial charge on any atom is -0.318 e. The van der Waals surface area contributed by atoms with Crippen molar-refractivity contribution in [3.05, 3.63) is 76.0 Å². The first-order valence-corrected chi connectivity index (χ1v) is 9.82. The van der Waals surface area contributed by atoms with Gasteiger partial charge < -0.3 is 4.57 Å². The zero-order valence-corrected chi connectivity index (χ0v) is 16.8. The number of aryl methyl sites for hydroxylation is 1. The molecule has 0 amide bonds. The number of anilines is 1. The minimum atomic E-state index is 0.795. The van der Waals surface area contributed by atoms with E-state index in [1.165, 1.54) is 5.69 Å². The van der Waals surface area contributed by atoms with E-state index in [2.05, 4.69) is 74.1 Å². The number of halogens is 1. The maximum atomic E-state index is 4.53. The molecule has 0 aliphatic rings. The van der Waals surface area contributed by atoms with Crippen LogP contribution in [-0.2, 0) is 0 Å². The summed E-state index contributed by atoms with van der Waals surface area (Å²) in [6.45, 7) is 4.21. The van der Waals surface area contributed by atoms with E-state index in [-0.39, 0.29) is 0 Å². The molecule has 4 nitrogen and oxygen atoms in total. The van der Waals surface area contributed by atoms with Crippen LogP contribution in [0, 0.1) is 13.8 Å². The van der Waals surface area contributed by atoms with E-state index in [1.54, 1.807) is 11.3 Å². The first-order chi connectivity index (χ1) is 12.6. The van der Waals surface area contributed by atoms with Gasteiger partial charge in [0.15, 0.2) is 0 Å². The normalized spacial score (nSPS) is 11.5. The van der Waals surface area contributed by atoms with E-state index >= 15 is 0 Å². The monoisotopic (exact) mass is 424 g/mol. The molecule has 0 unspecified atom stereocenters. The Morgan fingerprint density at radius 2 is 1.96 bits per heavy atom. The molecule has 0 saturated carbocycles. The molecule has 0 saturated heterocycles. The predicted octanol–water partition coefficient (Wildman–Crippen LogP) is 5.91. The number of aromatic nitrogens is 2. The maximum absolute atomic E-state index is 4.53. The van der Waals surface area contributed by atoms with Crippen molar-refractivity contribution in [1.82, 2.24) is 9.55 Å². The lowest BCUT2D eigenvalue weighted by Gasteiger charge is -2.09. The van der Waals surface area contributed by atoms with Gasteiger partial charge in [-0.2, -0.15) is 5.10 Å². The van der Waals surface area contributed by atoms with Crippen molar-refractivity contribution in [2.24, 2.45) is 5.10 Å². The van der Waals surface area contributed by atoms with Gasteiger partial charge >= 0.3 is 0 Å². The van der Waals surface area contributed by atoms with Gasteiger partial charge in [-0.05, 0) is 50.2 Å². The number of benzene rings is 2. The lowest BCUT2D eigenvalue weighted by atomic mass is 10.2. The van der Waals surface area contributed by atoms with Crippen LogP contribution in [0.4, 0.5) is 5.13 Å². The van der Waals surface area contributed by atoms with E-state index in [1.807, 2.05) is 36.5 Å². The fraction of sp³-hybridized carbons (Fsp3) is 0.100. The van der Waals surface area contributed by atoms with Crippen LogP contribution in [0.1, 0.15) is 17.0 Å². The van der Waals surface area contributed by atoms with Gasteiger partial charge in [-0.25, -0.2) is 4.98 Å².